The van der Waals surface area contributed by atoms with Crippen LogP contribution in [0.1, 0.15) is 0 Å². The number of methoxy groups -OCH3 is 1. The summed E-state index contributed by atoms with van der Waals surface area (Å²) in [6, 6.07) is 4.63. The van der Waals surface area contributed by atoms with Gasteiger partial charge in [0.25, 0.3) is 0 Å². The Hall–Kier alpha value is -1.51. The van der Waals surface area contributed by atoms with E-state index >= 15 is 0 Å². The molecule has 0 atom stereocenters. The summed E-state index contributed by atoms with van der Waals surface area (Å²) in [5.41, 5.74) is 0.240. The number of nitrogens with one attached hydrogen (secondary N) is 1. The fourth-order valence-corrected chi connectivity index (χ4v) is 1.66. The van der Waals surface area contributed by atoms with E-state index in [1.54, 1.807) is 12.1 Å². The van der Waals surface area contributed by atoms with Crippen LogP contribution in [0.2, 0.25) is 5.02 Å². The van der Waals surface area contributed by atoms with Crippen molar-refractivity contribution >= 4 is 23.2 Å². The van der Waals surface area contributed by atoms with Crippen molar-refractivity contribution < 1.29 is 32.2 Å². The van der Waals surface area contributed by atoms with E-state index in [2.05, 4.69) is 10.1 Å². The molecule has 0 radical (unpaired) electrons. The van der Waals surface area contributed by atoms with Gasteiger partial charge in [-0.25, -0.2) is 0 Å². The lowest BCUT2D eigenvalue weighted by atomic mass is 10.3. The van der Waals surface area contributed by atoms with E-state index in [0.717, 1.165) is 0 Å². The lowest BCUT2D eigenvalue weighted by Gasteiger charge is -2.14. The number of alkyl halides is 3. The van der Waals surface area contributed by atoms with Crippen LogP contribution in [0.3, 0.4) is 0 Å². The highest BCUT2D eigenvalue weighted by atomic mass is 35.5. The van der Waals surface area contributed by atoms with Gasteiger partial charge in [-0.1, -0.05) is 17.7 Å². The first-order chi connectivity index (χ1) is 10.3. The summed E-state index contributed by atoms with van der Waals surface area (Å²) in [6.07, 6.45) is -4.48. The highest BCUT2D eigenvalue weighted by Gasteiger charge is 2.27. The van der Waals surface area contributed by atoms with Crippen LogP contribution >= 0.6 is 11.6 Å². The van der Waals surface area contributed by atoms with Gasteiger partial charge in [0.2, 0.25) is 5.91 Å². The number of amides is 1. The van der Waals surface area contributed by atoms with Gasteiger partial charge in [-0.3, -0.25) is 4.79 Å². The number of para-hydroxylation sites is 1. The molecule has 1 aromatic carbocycles. The molecule has 0 unspecified atom stereocenters. The van der Waals surface area contributed by atoms with E-state index in [0.29, 0.717) is 6.61 Å². The van der Waals surface area contributed by atoms with Crippen molar-refractivity contribution in [3.8, 4) is 5.75 Å². The van der Waals surface area contributed by atoms with Gasteiger partial charge >= 0.3 is 6.18 Å². The first kappa shape index (κ1) is 18.5. The topological polar surface area (TPSA) is 56.8 Å². The van der Waals surface area contributed by atoms with E-state index in [4.69, 9.17) is 21.1 Å². The minimum absolute atomic E-state index is 0.202. The molecular weight excluding hydrogens is 327 g/mol. The Kier molecular flexibility index (Phi) is 7.43. The van der Waals surface area contributed by atoms with Crippen LogP contribution in [0.5, 0.6) is 5.75 Å². The molecule has 0 aromatic heterocycles. The molecule has 0 saturated heterocycles. The molecule has 0 aliphatic heterocycles. The van der Waals surface area contributed by atoms with E-state index in [1.807, 2.05) is 0 Å². The average molecular weight is 342 g/mol. The molecule has 1 rings (SSSR count). The Morgan fingerprint density at radius 2 is 2.05 bits per heavy atom. The van der Waals surface area contributed by atoms with Gasteiger partial charge in [0.1, 0.15) is 19.8 Å². The average Bonchev–Trinajstić information content (AvgIpc) is 2.40. The van der Waals surface area contributed by atoms with Crippen LogP contribution in [-0.2, 0) is 14.3 Å². The smallest absolute Gasteiger partial charge is 0.411 e. The number of halogens is 4. The van der Waals surface area contributed by atoms with E-state index < -0.39 is 25.3 Å². The Labute approximate surface area is 130 Å². The lowest BCUT2D eigenvalue weighted by Crippen LogP contribution is -2.24. The minimum Gasteiger partial charge on any atom is -0.487 e. The summed E-state index contributed by atoms with van der Waals surface area (Å²) < 4.78 is 50.2. The van der Waals surface area contributed by atoms with E-state index in [-0.39, 0.29) is 23.1 Å². The van der Waals surface area contributed by atoms with Gasteiger partial charge in [-0.2, -0.15) is 13.2 Å². The third-order valence-electron chi connectivity index (χ3n) is 2.27. The maximum absolute atomic E-state index is 11.9. The zero-order chi connectivity index (χ0) is 16.6. The molecule has 0 aliphatic carbocycles. The third kappa shape index (κ3) is 6.97. The molecule has 22 heavy (non-hydrogen) atoms. The number of rotatable bonds is 8. The zero-order valence-corrected chi connectivity index (χ0v) is 12.5. The number of ether oxygens (including phenoxy) is 3. The lowest BCUT2D eigenvalue weighted by molar-refractivity contribution is -0.174. The van der Waals surface area contributed by atoms with Crippen molar-refractivity contribution in [3.63, 3.8) is 0 Å². The van der Waals surface area contributed by atoms with Crippen molar-refractivity contribution in [1.82, 2.24) is 0 Å². The summed E-state index contributed by atoms with van der Waals surface area (Å²) in [6.45, 7) is -1.71. The third-order valence-corrected chi connectivity index (χ3v) is 2.57. The summed E-state index contributed by atoms with van der Waals surface area (Å²) >= 11 is 5.96. The van der Waals surface area contributed by atoms with Gasteiger partial charge in [0, 0.05) is 7.11 Å². The minimum atomic E-state index is -4.48. The molecule has 0 heterocycles. The Morgan fingerprint density at radius 3 is 2.68 bits per heavy atom. The fraction of sp³-hybridized carbons (Fsp3) is 0.462. The number of carbonyl (C=O) groups excluding carboxylic acids is 1. The monoisotopic (exact) mass is 341 g/mol. The summed E-state index contributed by atoms with van der Waals surface area (Å²) in [5, 5.41) is 2.64. The maximum Gasteiger partial charge on any atom is 0.411 e. The zero-order valence-electron chi connectivity index (χ0n) is 11.7. The Balaban J connectivity index is 2.60. The Morgan fingerprint density at radius 1 is 1.32 bits per heavy atom. The van der Waals surface area contributed by atoms with Crippen LogP contribution in [0.25, 0.3) is 0 Å². The number of carbonyl (C=O) groups is 1. The molecular formula is C13H15ClF3NO4. The van der Waals surface area contributed by atoms with Crippen molar-refractivity contribution in [2.24, 2.45) is 0 Å². The first-order valence-electron chi connectivity index (χ1n) is 6.18. The van der Waals surface area contributed by atoms with E-state index in [9.17, 15) is 18.0 Å². The molecule has 0 fully saturated rings. The maximum atomic E-state index is 11.9. The molecule has 9 heteroatoms. The van der Waals surface area contributed by atoms with Crippen molar-refractivity contribution in [3.05, 3.63) is 23.2 Å². The summed E-state index contributed by atoms with van der Waals surface area (Å²) in [7, 11) is 1.50. The van der Waals surface area contributed by atoms with E-state index in [1.165, 1.54) is 13.2 Å². The normalized spacial score (nSPS) is 11.3. The van der Waals surface area contributed by atoms with Gasteiger partial charge < -0.3 is 19.5 Å². The number of hydrogen-bond acceptors (Lipinski definition) is 4. The highest BCUT2D eigenvalue weighted by Crippen LogP contribution is 2.32. The van der Waals surface area contributed by atoms with Crippen LogP contribution in [0.15, 0.2) is 18.2 Å². The molecule has 124 valence electrons. The van der Waals surface area contributed by atoms with Gasteiger partial charge in [-0.05, 0) is 12.1 Å². The fourth-order valence-electron chi connectivity index (χ4n) is 1.43. The largest absolute Gasteiger partial charge is 0.487 e. The van der Waals surface area contributed by atoms with Gasteiger partial charge in [0.05, 0.1) is 17.3 Å². The van der Waals surface area contributed by atoms with Gasteiger partial charge in [-0.15, -0.1) is 0 Å². The van der Waals surface area contributed by atoms with Crippen LogP contribution in [-0.4, -0.2) is 45.6 Å². The number of anilines is 1. The van der Waals surface area contributed by atoms with Crippen molar-refractivity contribution in [1.29, 1.82) is 0 Å². The van der Waals surface area contributed by atoms with Crippen LogP contribution in [0.4, 0.5) is 18.9 Å². The quantitative estimate of drug-likeness (QED) is 0.739. The van der Waals surface area contributed by atoms with Crippen LogP contribution < -0.4 is 10.1 Å². The molecule has 1 amide bonds. The molecule has 0 bridgehead atoms. The summed E-state index contributed by atoms with van der Waals surface area (Å²) in [4.78, 5) is 11.6. The van der Waals surface area contributed by atoms with Crippen LogP contribution in [0, 0.1) is 0 Å². The second kappa shape index (κ2) is 8.82. The van der Waals surface area contributed by atoms with Crippen molar-refractivity contribution in [2.75, 3.05) is 38.9 Å². The standard InChI is InChI=1S/C13H15ClF3NO4/c1-20-5-6-22-12-9(14)3-2-4-10(12)18-11(19)7-21-8-13(15,16)17/h2-4H,5-8H2,1H3,(H,18,19). The second-order valence-electron chi connectivity index (χ2n) is 4.11. The van der Waals surface area contributed by atoms with Gasteiger partial charge in [0.15, 0.2) is 5.75 Å². The first-order valence-corrected chi connectivity index (χ1v) is 6.56. The SMILES string of the molecule is COCCOc1c(Cl)cccc1NC(=O)COCC(F)(F)F. The predicted molar refractivity (Wildman–Crippen MR) is 74.3 cm³/mol. The highest BCUT2D eigenvalue weighted by molar-refractivity contribution is 6.32. The molecule has 5 nitrogen and oxygen atoms in total. The molecule has 1 N–H and O–H groups in total. The van der Waals surface area contributed by atoms with Crippen molar-refractivity contribution in [2.45, 2.75) is 6.18 Å². The second-order valence-corrected chi connectivity index (χ2v) is 4.52. The molecule has 0 aliphatic rings. The number of hydrogen-bond donors (Lipinski definition) is 1. The molecule has 0 saturated carbocycles. The number of benzene rings is 1. The molecule has 0 spiro atoms. The molecule has 1 aromatic rings. The predicted octanol–water partition coefficient (Wildman–Crippen LogP) is 2.88. The summed E-state index contributed by atoms with van der Waals surface area (Å²) in [5.74, 6) is -0.534. The Bertz CT molecular complexity index is 497.